The third-order valence-electron chi connectivity index (χ3n) is 3.04. The van der Waals surface area contributed by atoms with Crippen LogP contribution in [0.2, 0.25) is 0 Å². The zero-order chi connectivity index (χ0) is 15.6. The van der Waals surface area contributed by atoms with E-state index in [9.17, 15) is 17.6 Å². The number of nitrogens with zero attached hydrogens (tertiary/aromatic N) is 2. The SMILES string of the molecule is COc1ccc2nc(CCCl)n(CC(F)(F)C(F)F)c2c1. The smallest absolute Gasteiger partial charge is 0.324 e. The number of halogens is 5. The molecule has 2 rings (SSSR count). The van der Waals surface area contributed by atoms with Gasteiger partial charge in [0.05, 0.1) is 24.7 Å². The molecule has 116 valence electrons. The van der Waals surface area contributed by atoms with E-state index >= 15 is 0 Å². The summed E-state index contributed by atoms with van der Waals surface area (Å²) in [5, 5.41) is 0. The van der Waals surface area contributed by atoms with Gasteiger partial charge < -0.3 is 9.30 Å². The molecule has 0 N–H and O–H groups in total. The van der Waals surface area contributed by atoms with Gasteiger partial charge in [0.1, 0.15) is 11.6 Å². The lowest BCUT2D eigenvalue weighted by Gasteiger charge is -2.18. The summed E-state index contributed by atoms with van der Waals surface area (Å²) in [7, 11) is 1.43. The van der Waals surface area contributed by atoms with E-state index in [2.05, 4.69) is 4.98 Å². The van der Waals surface area contributed by atoms with Gasteiger partial charge in [0.2, 0.25) is 0 Å². The first-order valence-electron chi connectivity index (χ1n) is 6.14. The van der Waals surface area contributed by atoms with Crippen LogP contribution in [-0.2, 0) is 13.0 Å². The van der Waals surface area contributed by atoms with Crippen molar-refractivity contribution in [1.82, 2.24) is 9.55 Å². The van der Waals surface area contributed by atoms with E-state index in [0.29, 0.717) is 16.8 Å². The minimum Gasteiger partial charge on any atom is -0.497 e. The Bertz CT molecular complexity index is 630. The molecule has 0 fully saturated rings. The van der Waals surface area contributed by atoms with E-state index < -0.39 is 18.9 Å². The molecule has 8 heteroatoms. The highest BCUT2D eigenvalue weighted by atomic mass is 35.5. The van der Waals surface area contributed by atoms with Gasteiger partial charge in [-0.15, -0.1) is 11.6 Å². The predicted octanol–water partition coefficient (Wildman–Crippen LogP) is 3.73. The van der Waals surface area contributed by atoms with Crippen molar-refractivity contribution in [3.8, 4) is 5.75 Å². The van der Waals surface area contributed by atoms with Crippen molar-refractivity contribution < 1.29 is 22.3 Å². The number of imidazole rings is 1. The Morgan fingerprint density at radius 1 is 1.38 bits per heavy atom. The first-order chi connectivity index (χ1) is 9.89. The zero-order valence-corrected chi connectivity index (χ0v) is 11.9. The second-order valence-electron chi connectivity index (χ2n) is 4.47. The van der Waals surface area contributed by atoms with Crippen molar-refractivity contribution in [2.75, 3.05) is 13.0 Å². The van der Waals surface area contributed by atoms with Gasteiger partial charge >= 0.3 is 12.3 Å². The van der Waals surface area contributed by atoms with Crippen molar-refractivity contribution in [3.63, 3.8) is 0 Å². The fourth-order valence-electron chi connectivity index (χ4n) is 2.01. The maximum absolute atomic E-state index is 13.4. The lowest BCUT2D eigenvalue weighted by atomic mass is 10.2. The summed E-state index contributed by atoms with van der Waals surface area (Å²) < 4.78 is 57.7. The van der Waals surface area contributed by atoms with Crippen molar-refractivity contribution in [1.29, 1.82) is 0 Å². The molecule has 0 aliphatic rings. The topological polar surface area (TPSA) is 27.1 Å². The van der Waals surface area contributed by atoms with Crippen LogP contribution in [0, 0.1) is 0 Å². The summed E-state index contributed by atoms with van der Waals surface area (Å²) in [4.78, 5) is 4.17. The molecule has 1 aromatic heterocycles. The van der Waals surface area contributed by atoms with Gasteiger partial charge in [-0.25, -0.2) is 13.8 Å². The first-order valence-corrected chi connectivity index (χ1v) is 6.67. The van der Waals surface area contributed by atoms with E-state index in [1.807, 2.05) is 0 Å². The fraction of sp³-hybridized carbons (Fsp3) is 0.462. The molecule has 0 amide bonds. The van der Waals surface area contributed by atoms with E-state index in [1.165, 1.54) is 13.2 Å². The lowest BCUT2D eigenvalue weighted by Crippen LogP contribution is -2.32. The van der Waals surface area contributed by atoms with E-state index in [1.54, 1.807) is 12.1 Å². The molecule has 0 saturated carbocycles. The molecule has 1 aromatic carbocycles. The molecule has 0 radical (unpaired) electrons. The largest absolute Gasteiger partial charge is 0.497 e. The molecular weight excluding hydrogens is 312 g/mol. The number of hydrogen-bond donors (Lipinski definition) is 0. The molecule has 3 nitrogen and oxygen atoms in total. The first kappa shape index (κ1) is 15.9. The standard InChI is InChI=1S/C13H13ClF4N2O/c1-21-8-2-3-9-10(6-8)20(11(19-9)4-5-14)7-13(17,18)12(15)16/h2-3,6,12H,4-5,7H2,1H3. The second kappa shape index (κ2) is 6.09. The van der Waals surface area contributed by atoms with Gasteiger partial charge in [-0.05, 0) is 12.1 Å². The lowest BCUT2D eigenvalue weighted by molar-refractivity contribution is -0.137. The molecule has 0 bridgehead atoms. The van der Waals surface area contributed by atoms with Crippen LogP contribution in [0.25, 0.3) is 11.0 Å². The Morgan fingerprint density at radius 3 is 2.67 bits per heavy atom. The maximum atomic E-state index is 13.4. The fourth-order valence-corrected chi connectivity index (χ4v) is 2.18. The minimum absolute atomic E-state index is 0.153. The molecule has 0 spiro atoms. The van der Waals surface area contributed by atoms with Crippen molar-refractivity contribution in [2.24, 2.45) is 0 Å². The van der Waals surface area contributed by atoms with E-state index in [0.717, 1.165) is 4.57 Å². The third kappa shape index (κ3) is 3.23. The average molecular weight is 325 g/mol. The van der Waals surface area contributed by atoms with Crippen LogP contribution in [-0.4, -0.2) is 34.9 Å². The molecule has 0 aliphatic carbocycles. The molecule has 0 aliphatic heterocycles. The van der Waals surface area contributed by atoms with Crippen LogP contribution in [0.4, 0.5) is 17.6 Å². The number of benzene rings is 1. The van der Waals surface area contributed by atoms with Crippen molar-refractivity contribution in [2.45, 2.75) is 25.3 Å². The monoisotopic (exact) mass is 324 g/mol. The quantitative estimate of drug-likeness (QED) is 0.598. The van der Waals surface area contributed by atoms with Crippen LogP contribution < -0.4 is 4.74 Å². The number of rotatable bonds is 6. The molecule has 1 heterocycles. The summed E-state index contributed by atoms with van der Waals surface area (Å²) in [6.45, 7) is -1.15. The van der Waals surface area contributed by atoms with Crippen LogP contribution in [0.3, 0.4) is 0 Å². The number of aromatic nitrogens is 2. The maximum Gasteiger partial charge on any atom is 0.324 e. The van der Waals surface area contributed by atoms with Crippen LogP contribution in [0.5, 0.6) is 5.75 Å². The number of methoxy groups -OCH3 is 1. The number of hydrogen-bond acceptors (Lipinski definition) is 2. The Balaban J connectivity index is 2.53. The summed E-state index contributed by atoms with van der Waals surface area (Å²) in [6, 6.07) is 4.69. The van der Waals surface area contributed by atoms with E-state index in [-0.39, 0.29) is 18.1 Å². The molecule has 0 unspecified atom stereocenters. The van der Waals surface area contributed by atoms with Gasteiger partial charge in [-0.3, -0.25) is 0 Å². The number of aryl methyl sites for hydroxylation is 1. The summed E-state index contributed by atoms with van der Waals surface area (Å²) in [5.74, 6) is -3.31. The highest BCUT2D eigenvalue weighted by molar-refractivity contribution is 6.17. The van der Waals surface area contributed by atoms with Crippen molar-refractivity contribution >= 4 is 22.6 Å². The normalized spacial score (nSPS) is 12.3. The van der Waals surface area contributed by atoms with Crippen molar-refractivity contribution in [3.05, 3.63) is 24.0 Å². The molecular formula is C13H13ClF4N2O. The summed E-state index contributed by atoms with van der Waals surface area (Å²) in [5.41, 5.74) is 0.746. The van der Waals surface area contributed by atoms with E-state index in [4.69, 9.17) is 16.3 Å². The van der Waals surface area contributed by atoms with Gasteiger partial charge in [-0.1, -0.05) is 0 Å². The predicted molar refractivity (Wildman–Crippen MR) is 71.7 cm³/mol. The number of ether oxygens (including phenoxy) is 1. The summed E-state index contributed by atoms with van der Waals surface area (Å²) >= 11 is 5.61. The second-order valence-corrected chi connectivity index (χ2v) is 4.85. The molecule has 0 saturated heterocycles. The molecule has 0 atom stereocenters. The number of fused-ring (bicyclic) bond motifs is 1. The Kier molecular flexibility index (Phi) is 4.61. The number of alkyl halides is 5. The van der Waals surface area contributed by atoms with Gasteiger partial charge in [0.25, 0.3) is 0 Å². The molecule has 2 aromatic rings. The van der Waals surface area contributed by atoms with Gasteiger partial charge in [-0.2, -0.15) is 8.78 Å². The van der Waals surface area contributed by atoms with Crippen LogP contribution >= 0.6 is 11.6 Å². The zero-order valence-electron chi connectivity index (χ0n) is 11.1. The van der Waals surface area contributed by atoms with Crippen LogP contribution in [0.15, 0.2) is 18.2 Å². The van der Waals surface area contributed by atoms with Gasteiger partial charge in [0, 0.05) is 18.4 Å². The van der Waals surface area contributed by atoms with Crippen LogP contribution in [0.1, 0.15) is 5.82 Å². The third-order valence-corrected chi connectivity index (χ3v) is 3.23. The highest BCUT2D eigenvalue weighted by Crippen LogP contribution is 2.29. The Labute approximate surface area is 123 Å². The Morgan fingerprint density at radius 2 is 2.10 bits per heavy atom. The summed E-state index contributed by atoms with van der Waals surface area (Å²) in [6.07, 6.45) is -3.54. The average Bonchev–Trinajstić information content (AvgIpc) is 2.76. The highest BCUT2D eigenvalue weighted by Gasteiger charge is 2.41. The minimum atomic E-state index is -4.14. The van der Waals surface area contributed by atoms with Gasteiger partial charge in [0.15, 0.2) is 0 Å². The Hall–Kier alpha value is -1.50. The molecule has 21 heavy (non-hydrogen) atoms.